The molecule has 146 valence electrons. The second-order valence-corrected chi connectivity index (χ2v) is 5.50. The second-order valence-electron chi connectivity index (χ2n) is 4.64. The van der Waals surface area contributed by atoms with Gasteiger partial charge in [0.2, 0.25) is 0 Å². The van der Waals surface area contributed by atoms with Crippen molar-refractivity contribution in [3.05, 3.63) is 34.8 Å². The summed E-state index contributed by atoms with van der Waals surface area (Å²) in [4.78, 5) is 0. The van der Waals surface area contributed by atoms with Crippen LogP contribution in [0.2, 0.25) is 0 Å². The Morgan fingerprint density at radius 3 is 2.27 bits per heavy atom. The molecule has 0 heterocycles. The molecule has 0 aliphatic heterocycles. The average Bonchev–Trinajstić information content (AvgIpc) is 2.53. The molecule has 0 amide bonds. The number of nitrogens with zero attached hydrogens (tertiary/aromatic N) is 1. The zero-order valence-corrected chi connectivity index (χ0v) is 14.6. The first kappa shape index (κ1) is 22.1. The molecular formula is C14H12BrF7N2O2. The lowest BCUT2D eigenvalue weighted by Gasteiger charge is -2.27. The Morgan fingerprint density at radius 2 is 1.77 bits per heavy atom. The Balaban J connectivity index is 3.03. The van der Waals surface area contributed by atoms with E-state index in [0.29, 0.717) is 11.6 Å². The summed E-state index contributed by atoms with van der Waals surface area (Å²) in [5.41, 5.74) is 0.575. The molecule has 1 aromatic carbocycles. The van der Waals surface area contributed by atoms with Crippen molar-refractivity contribution in [1.29, 1.82) is 0 Å². The van der Waals surface area contributed by atoms with Gasteiger partial charge in [-0.05, 0) is 28.1 Å². The normalized spacial score (nSPS) is 13.0. The molecule has 0 aromatic heterocycles. The van der Waals surface area contributed by atoms with Crippen molar-refractivity contribution in [2.24, 2.45) is 5.10 Å². The number of nitrogens with one attached hydrogen (secondary N) is 1. The minimum Gasteiger partial charge on any atom is -0.493 e. The predicted octanol–water partition coefficient (Wildman–Crippen LogP) is 4.74. The number of alkyl halides is 7. The Bertz CT molecular complexity index is 678. The van der Waals surface area contributed by atoms with E-state index in [1.54, 1.807) is 0 Å². The highest BCUT2D eigenvalue weighted by Crippen LogP contribution is 2.45. The van der Waals surface area contributed by atoms with Gasteiger partial charge in [-0.25, -0.2) is 5.43 Å². The SMILES string of the molecule is C=CCOc1cc(Br)c(/C=N/NC(F)(F)C(F)(F)C(F)(F)F)cc1OC. The molecule has 1 rings (SSSR count). The van der Waals surface area contributed by atoms with Crippen LogP contribution in [0, 0.1) is 0 Å². The molecule has 0 spiro atoms. The average molecular weight is 453 g/mol. The predicted molar refractivity (Wildman–Crippen MR) is 83.1 cm³/mol. The van der Waals surface area contributed by atoms with Crippen molar-refractivity contribution < 1.29 is 40.2 Å². The van der Waals surface area contributed by atoms with Crippen LogP contribution in [0.5, 0.6) is 11.5 Å². The summed E-state index contributed by atoms with van der Waals surface area (Å²) in [5.74, 6) is -5.92. The molecule has 0 unspecified atom stereocenters. The van der Waals surface area contributed by atoms with Crippen LogP contribution in [0.4, 0.5) is 30.7 Å². The van der Waals surface area contributed by atoms with Crippen molar-refractivity contribution in [1.82, 2.24) is 5.43 Å². The molecule has 0 bridgehead atoms. The van der Waals surface area contributed by atoms with Gasteiger partial charge in [0.05, 0.1) is 13.3 Å². The van der Waals surface area contributed by atoms with Crippen LogP contribution in [0.25, 0.3) is 0 Å². The van der Waals surface area contributed by atoms with E-state index >= 15 is 0 Å². The largest absolute Gasteiger partial charge is 0.493 e. The number of hydrogen-bond acceptors (Lipinski definition) is 4. The van der Waals surface area contributed by atoms with Crippen molar-refractivity contribution in [3.63, 3.8) is 0 Å². The number of benzene rings is 1. The number of ether oxygens (including phenoxy) is 2. The summed E-state index contributed by atoms with van der Waals surface area (Å²) in [6.45, 7) is 3.59. The van der Waals surface area contributed by atoms with Gasteiger partial charge in [0.1, 0.15) is 6.61 Å². The van der Waals surface area contributed by atoms with Gasteiger partial charge in [-0.1, -0.05) is 12.7 Å². The topological polar surface area (TPSA) is 42.8 Å². The Morgan fingerprint density at radius 1 is 1.15 bits per heavy atom. The van der Waals surface area contributed by atoms with Crippen LogP contribution in [-0.2, 0) is 0 Å². The Labute approximate surface area is 151 Å². The van der Waals surface area contributed by atoms with Crippen LogP contribution in [-0.4, -0.2) is 38.1 Å². The van der Waals surface area contributed by atoms with E-state index in [9.17, 15) is 30.7 Å². The molecule has 0 radical (unpaired) electrons. The van der Waals surface area contributed by atoms with Gasteiger partial charge in [0.15, 0.2) is 11.5 Å². The lowest BCUT2D eigenvalue weighted by atomic mass is 10.2. The fourth-order valence-corrected chi connectivity index (χ4v) is 1.93. The van der Waals surface area contributed by atoms with E-state index in [2.05, 4.69) is 27.6 Å². The molecule has 1 aromatic rings. The van der Waals surface area contributed by atoms with Gasteiger partial charge in [-0.2, -0.15) is 35.8 Å². The zero-order valence-electron chi connectivity index (χ0n) is 13.0. The monoisotopic (exact) mass is 452 g/mol. The number of halogens is 8. The van der Waals surface area contributed by atoms with Crippen molar-refractivity contribution >= 4 is 22.1 Å². The van der Waals surface area contributed by atoms with Gasteiger partial charge in [0, 0.05) is 10.0 Å². The van der Waals surface area contributed by atoms with Crippen molar-refractivity contribution in [2.45, 2.75) is 18.1 Å². The molecule has 0 saturated heterocycles. The third-order valence-electron chi connectivity index (χ3n) is 2.80. The highest BCUT2D eigenvalue weighted by Gasteiger charge is 2.73. The first-order valence-corrected chi connectivity index (χ1v) is 7.40. The minimum atomic E-state index is -6.45. The fraction of sp³-hybridized carbons (Fsp3) is 0.357. The van der Waals surface area contributed by atoms with E-state index in [4.69, 9.17) is 9.47 Å². The summed E-state index contributed by atoms with van der Waals surface area (Å²) in [7, 11) is 1.28. The first-order chi connectivity index (χ1) is 11.9. The van der Waals surface area contributed by atoms with E-state index in [1.165, 1.54) is 25.3 Å². The van der Waals surface area contributed by atoms with E-state index < -0.39 is 18.1 Å². The van der Waals surface area contributed by atoms with Gasteiger partial charge in [-0.15, -0.1) is 0 Å². The summed E-state index contributed by atoms with van der Waals surface area (Å²) in [5, 5.41) is 2.77. The molecule has 0 fully saturated rings. The number of rotatable bonds is 8. The molecule has 1 N–H and O–H groups in total. The lowest BCUT2D eigenvalue weighted by molar-refractivity contribution is -0.361. The van der Waals surface area contributed by atoms with E-state index in [-0.39, 0.29) is 28.1 Å². The fourth-order valence-electron chi connectivity index (χ4n) is 1.50. The first-order valence-electron chi connectivity index (χ1n) is 6.61. The quantitative estimate of drug-likeness (QED) is 0.204. The summed E-state index contributed by atoms with van der Waals surface area (Å²) in [6, 6.07) is -3.04. The van der Waals surface area contributed by atoms with Crippen LogP contribution < -0.4 is 14.9 Å². The molecule has 26 heavy (non-hydrogen) atoms. The minimum absolute atomic E-state index is 0.0476. The maximum Gasteiger partial charge on any atom is 0.462 e. The molecular weight excluding hydrogens is 441 g/mol. The number of methoxy groups -OCH3 is 1. The van der Waals surface area contributed by atoms with Crippen LogP contribution in [0.15, 0.2) is 34.4 Å². The van der Waals surface area contributed by atoms with E-state index in [1.807, 2.05) is 0 Å². The molecule has 12 heteroatoms. The highest BCUT2D eigenvalue weighted by molar-refractivity contribution is 9.10. The van der Waals surface area contributed by atoms with Crippen LogP contribution in [0.3, 0.4) is 0 Å². The molecule has 0 aliphatic carbocycles. The Kier molecular flexibility index (Phi) is 6.91. The molecule has 0 saturated carbocycles. The molecule has 0 atom stereocenters. The van der Waals surface area contributed by atoms with Crippen molar-refractivity contribution in [3.8, 4) is 11.5 Å². The Hall–Kier alpha value is -1.98. The van der Waals surface area contributed by atoms with Crippen LogP contribution in [0.1, 0.15) is 5.56 Å². The lowest BCUT2D eigenvalue weighted by Crippen LogP contribution is -2.58. The third-order valence-corrected chi connectivity index (χ3v) is 3.49. The zero-order chi connectivity index (χ0) is 20.2. The smallest absolute Gasteiger partial charge is 0.462 e. The van der Waals surface area contributed by atoms with Gasteiger partial charge in [0.25, 0.3) is 0 Å². The van der Waals surface area contributed by atoms with Crippen LogP contribution >= 0.6 is 15.9 Å². The maximum atomic E-state index is 13.1. The third kappa shape index (κ3) is 4.80. The van der Waals surface area contributed by atoms with Gasteiger partial charge in [-0.3, -0.25) is 0 Å². The van der Waals surface area contributed by atoms with Gasteiger partial charge >= 0.3 is 18.1 Å². The van der Waals surface area contributed by atoms with Gasteiger partial charge < -0.3 is 9.47 Å². The summed E-state index contributed by atoms with van der Waals surface area (Å²) >= 11 is 3.06. The van der Waals surface area contributed by atoms with Crippen molar-refractivity contribution in [2.75, 3.05) is 13.7 Å². The number of hydrogen-bond donors (Lipinski definition) is 1. The van der Waals surface area contributed by atoms with E-state index in [0.717, 1.165) is 0 Å². The maximum absolute atomic E-state index is 13.1. The summed E-state index contributed by atoms with van der Waals surface area (Å²) < 4.78 is 98.2. The summed E-state index contributed by atoms with van der Waals surface area (Å²) in [6.07, 6.45) is -4.38. The highest BCUT2D eigenvalue weighted by atomic mass is 79.9. The number of hydrazone groups is 1. The molecule has 4 nitrogen and oxygen atoms in total. The molecule has 0 aliphatic rings. The standard InChI is InChI=1S/C14H12BrF7N2O2/c1-3-4-26-11-6-9(15)8(5-10(11)25-2)7-23-24-14(21,22)12(16,17)13(18,19)20/h3,5-7,24H,1,4H2,2H3/b23-7+. The second kappa shape index (κ2) is 8.14.